The van der Waals surface area contributed by atoms with Crippen molar-refractivity contribution in [2.75, 3.05) is 37.4 Å². The minimum absolute atomic E-state index is 0.247. The molecule has 1 aliphatic carbocycles. The van der Waals surface area contributed by atoms with Gasteiger partial charge < -0.3 is 29.8 Å². The molecule has 3 aromatic carbocycles. The third kappa shape index (κ3) is 8.59. The van der Waals surface area contributed by atoms with Gasteiger partial charge in [-0.3, -0.25) is 4.90 Å². The molecule has 0 saturated heterocycles. The average Bonchev–Trinajstić information content (AvgIpc) is 3.68. The summed E-state index contributed by atoms with van der Waals surface area (Å²) in [6.45, 7) is 4.96. The fourth-order valence-corrected chi connectivity index (χ4v) is 4.83. The first-order valence-electron chi connectivity index (χ1n) is 14.5. The van der Waals surface area contributed by atoms with Crippen LogP contribution in [0, 0.1) is 5.92 Å². The lowest BCUT2D eigenvalue weighted by atomic mass is 10.1. The Morgan fingerprint density at radius 2 is 1.81 bits per heavy atom. The van der Waals surface area contributed by atoms with E-state index in [1.807, 2.05) is 42.5 Å². The number of methoxy groups -OCH3 is 1. The number of urea groups is 1. The maximum atomic E-state index is 12.9. The number of nitrogens with zero attached hydrogens (tertiary/aromatic N) is 2. The summed E-state index contributed by atoms with van der Waals surface area (Å²) in [5.74, 6) is 1.85. The number of carbonyl (C=O) groups excluding carboxylic acids is 2. The summed E-state index contributed by atoms with van der Waals surface area (Å²) in [6.07, 6.45) is 4.62. The first kappa shape index (κ1) is 29.7. The van der Waals surface area contributed by atoms with E-state index in [0.29, 0.717) is 29.4 Å². The maximum absolute atomic E-state index is 12.9. The Bertz CT molecular complexity index is 1490. The summed E-state index contributed by atoms with van der Waals surface area (Å²) in [6, 6.07) is 21.9. The number of anilines is 2. The Balaban J connectivity index is 1.15. The number of hydrogen-bond acceptors (Lipinski definition) is 7. The lowest BCUT2D eigenvalue weighted by Gasteiger charge is -2.27. The van der Waals surface area contributed by atoms with E-state index in [1.54, 1.807) is 43.6 Å². The second-order valence-corrected chi connectivity index (χ2v) is 10.5. The zero-order chi connectivity index (χ0) is 30.0. The quantitative estimate of drug-likeness (QED) is 0.160. The van der Waals surface area contributed by atoms with Crippen molar-refractivity contribution in [1.29, 1.82) is 0 Å². The maximum Gasteiger partial charge on any atom is 0.408 e. The molecule has 43 heavy (non-hydrogen) atoms. The van der Waals surface area contributed by atoms with E-state index in [0.717, 1.165) is 35.7 Å². The fraction of sp³-hybridized carbons (Fsp3) is 0.303. The molecule has 1 heterocycles. The van der Waals surface area contributed by atoms with Crippen molar-refractivity contribution < 1.29 is 23.5 Å². The van der Waals surface area contributed by atoms with Gasteiger partial charge in [0.1, 0.15) is 11.9 Å². The number of benzene rings is 3. The fourth-order valence-electron chi connectivity index (χ4n) is 4.83. The van der Waals surface area contributed by atoms with Gasteiger partial charge in [0, 0.05) is 37.1 Å². The average molecular weight is 584 g/mol. The standard InChI is InChI=1S/C33H37N5O5/c1-3-38(20-23-12-13-23)21-31(25-9-5-4-6-10-25)43-33(40)35-18-24-8-7-11-26(16-24)36-32(39)37-27-14-15-28(29(17-27)41-2)30-19-34-22-42-30/h4-11,14-17,19,22-23,31H,3,12-13,18,20-21H2,1-2H3,(H,35,40)(H2,36,37,39). The molecular weight excluding hydrogens is 546 g/mol. The van der Waals surface area contributed by atoms with E-state index in [-0.39, 0.29) is 12.6 Å². The van der Waals surface area contributed by atoms with Gasteiger partial charge in [0.2, 0.25) is 0 Å². The summed E-state index contributed by atoms with van der Waals surface area (Å²) in [7, 11) is 1.55. The number of nitrogens with one attached hydrogen (secondary N) is 3. The van der Waals surface area contributed by atoms with Crippen LogP contribution in [-0.2, 0) is 11.3 Å². The number of aromatic nitrogens is 1. The zero-order valence-corrected chi connectivity index (χ0v) is 24.4. The predicted octanol–water partition coefficient (Wildman–Crippen LogP) is 6.69. The summed E-state index contributed by atoms with van der Waals surface area (Å²) >= 11 is 0. The molecule has 1 aliphatic rings. The molecular formula is C33H37N5O5. The van der Waals surface area contributed by atoms with E-state index >= 15 is 0 Å². The lowest BCUT2D eigenvalue weighted by Crippen LogP contribution is -2.34. The van der Waals surface area contributed by atoms with Crippen LogP contribution in [0.25, 0.3) is 11.3 Å². The topological polar surface area (TPSA) is 118 Å². The SMILES string of the molecule is CCN(CC1CC1)CC(OC(=O)NCc1cccc(NC(=O)Nc2ccc(-c3cnco3)c(OC)c2)c1)c1ccccc1. The van der Waals surface area contributed by atoms with Crippen LogP contribution < -0.4 is 20.7 Å². The molecule has 0 aliphatic heterocycles. The lowest BCUT2D eigenvalue weighted by molar-refractivity contribution is 0.0690. The van der Waals surface area contributed by atoms with E-state index in [1.165, 1.54) is 19.2 Å². The molecule has 5 rings (SSSR count). The van der Waals surface area contributed by atoms with E-state index in [4.69, 9.17) is 13.9 Å². The van der Waals surface area contributed by atoms with Gasteiger partial charge in [-0.15, -0.1) is 0 Å². The molecule has 10 nitrogen and oxygen atoms in total. The predicted molar refractivity (Wildman–Crippen MR) is 165 cm³/mol. The minimum atomic E-state index is -0.491. The van der Waals surface area contributed by atoms with Crippen molar-refractivity contribution in [3.05, 3.63) is 96.5 Å². The van der Waals surface area contributed by atoms with Crippen molar-refractivity contribution in [2.24, 2.45) is 5.92 Å². The molecule has 0 bridgehead atoms. The van der Waals surface area contributed by atoms with Gasteiger partial charge in [-0.25, -0.2) is 14.6 Å². The van der Waals surface area contributed by atoms with Gasteiger partial charge in [0.25, 0.3) is 0 Å². The van der Waals surface area contributed by atoms with E-state index in [2.05, 4.69) is 32.8 Å². The Morgan fingerprint density at radius 1 is 1.02 bits per heavy atom. The first-order valence-corrected chi connectivity index (χ1v) is 14.5. The molecule has 0 spiro atoms. The van der Waals surface area contributed by atoms with Crippen LogP contribution in [0.1, 0.15) is 37.0 Å². The van der Waals surface area contributed by atoms with Crippen LogP contribution in [0.15, 0.2) is 89.8 Å². The van der Waals surface area contributed by atoms with Crippen molar-refractivity contribution in [2.45, 2.75) is 32.4 Å². The van der Waals surface area contributed by atoms with Crippen LogP contribution >= 0.6 is 0 Å². The molecule has 4 aromatic rings. The number of carbonyl (C=O) groups is 2. The molecule has 10 heteroatoms. The number of rotatable bonds is 13. The number of ether oxygens (including phenoxy) is 2. The Labute approximate surface area is 251 Å². The first-order chi connectivity index (χ1) is 21.0. The van der Waals surface area contributed by atoms with E-state index in [9.17, 15) is 9.59 Å². The molecule has 3 amide bonds. The van der Waals surface area contributed by atoms with Crippen LogP contribution in [0.2, 0.25) is 0 Å². The Kier molecular flexibility index (Phi) is 9.91. The number of oxazole rings is 1. The van der Waals surface area contributed by atoms with Gasteiger partial charge >= 0.3 is 12.1 Å². The van der Waals surface area contributed by atoms with E-state index < -0.39 is 12.1 Å². The number of alkyl carbamates (subject to hydrolysis) is 1. The van der Waals surface area contributed by atoms with Crippen LogP contribution in [0.4, 0.5) is 21.0 Å². The molecule has 1 aromatic heterocycles. The highest BCUT2D eigenvalue weighted by molar-refractivity contribution is 6.00. The molecule has 1 fully saturated rings. The monoisotopic (exact) mass is 583 g/mol. The van der Waals surface area contributed by atoms with Crippen LogP contribution in [0.5, 0.6) is 5.75 Å². The molecule has 224 valence electrons. The highest BCUT2D eigenvalue weighted by Gasteiger charge is 2.26. The summed E-state index contributed by atoms with van der Waals surface area (Å²) in [4.78, 5) is 31.9. The largest absolute Gasteiger partial charge is 0.496 e. The summed E-state index contributed by atoms with van der Waals surface area (Å²) in [5, 5.41) is 8.50. The Hall–Kier alpha value is -4.83. The molecule has 1 atom stereocenters. The minimum Gasteiger partial charge on any atom is -0.496 e. The number of amides is 3. The number of hydrogen-bond donors (Lipinski definition) is 3. The van der Waals surface area contributed by atoms with Crippen molar-refractivity contribution >= 4 is 23.5 Å². The smallest absolute Gasteiger partial charge is 0.408 e. The third-order valence-electron chi connectivity index (χ3n) is 7.28. The molecule has 0 radical (unpaired) electrons. The van der Waals surface area contributed by atoms with Crippen LogP contribution in [0.3, 0.4) is 0 Å². The number of likely N-dealkylation sites (N-methyl/N-ethyl adjacent to an activating group) is 1. The molecule has 1 saturated carbocycles. The normalized spacial score (nSPS) is 13.3. The zero-order valence-electron chi connectivity index (χ0n) is 24.4. The summed E-state index contributed by atoms with van der Waals surface area (Å²) < 4.78 is 16.7. The molecule has 1 unspecified atom stereocenters. The van der Waals surface area contributed by atoms with Crippen molar-refractivity contribution in [1.82, 2.24) is 15.2 Å². The second kappa shape index (κ2) is 14.4. The highest BCUT2D eigenvalue weighted by Crippen LogP contribution is 2.32. The van der Waals surface area contributed by atoms with Crippen molar-refractivity contribution in [3.63, 3.8) is 0 Å². The summed E-state index contributed by atoms with van der Waals surface area (Å²) in [5.41, 5.74) is 3.63. The highest BCUT2D eigenvalue weighted by atomic mass is 16.6. The van der Waals surface area contributed by atoms with Gasteiger partial charge in [-0.2, -0.15) is 0 Å². The third-order valence-corrected chi connectivity index (χ3v) is 7.28. The van der Waals surface area contributed by atoms with Crippen molar-refractivity contribution in [3.8, 4) is 17.1 Å². The van der Waals surface area contributed by atoms with Gasteiger partial charge in [0.05, 0.1) is 18.9 Å². The Morgan fingerprint density at radius 3 is 2.51 bits per heavy atom. The van der Waals surface area contributed by atoms with Crippen LogP contribution in [-0.4, -0.2) is 48.8 Å². The second-order valence-electron chi connectivity index (χ2n) is 10.5. The van der Waals surface area contributed by atoms with Gasteiger partial charge in [-0.1, -0.05) is 49.4 Å². The van der Waals surface area contributed by atoms with Gasteiger partial charge in [0.15, 0.2) is 12.2 Å². The molecule has 3 N–H and O–H groups in total. The van der Waals surface area contributed by atoms with Gasteiger partial charge in [-0.05, 0) is 60.7 Å².